The highest BCUT2D eigenvalue weighted by Gasteiger charge is 2.20. The Hall–Kier alpha value is -0.960. The molecular weight excluding hydrogens is 172 g/mol. The number of benzene rings is 1. The summed E-state index contributed by atoms with van der Waals surface area (Å²) in [6.45, 7) is 0. The maximum atomic E-state index is 12.3. The molecule has 0 unspecified atom stereocenters. The van der Waals surface area contributed by atoms with Crippen LogP contribution >= 0.6 is 0 Å². The third-order valence-corrected chi connectivity index (χ3v) is 2.54. The van der Waals surface area contributed by atoms with Crippen molar-refractivity contribution in [3.8, 4) is 0 Å². The number of alkyl halides is 2. The maximum absolute atomic E-state index is 12.3. The van der Waals surface area contributed by atoms with E-state index < -0.39 is 6.43 Å². The minimum Gasteiger partial charge on any atom is -0.324 e. The first kappa shape index (κ1) is 8.63. The van der Waals surface area contributed by atoms with Crippen molar-refractivity contribution in [3.63, 3.8) is 0 Å². The van der Waals surface area contributed by atoms with E-state index in [-0.39, 0.29) is 11.6 Å². The van der Waals surface area contributed by atoms with Crippen LogP contribution in [-0.4, -0.2) is 0 Å². The van der Waals surface area contributed by atoms with E-state index in [0.717, 1.165) is 24.0 Å². The van der Waals surface area contributed by atoms with Gasteiger partial charge in [0.25, 0.3) is 6.43 Å². The summed E-state index contributed by atoms with van der Waals surface area (Å²) in [5, 5.41) is 0. The molecule has 0 spiro atoms. The molecule has 0 saturated carbocycles. The van der Waals surface area contributed by atoms with E-state index in [4.69, 9.17) is 5.73 Å². The Labute approximate surface area is 75.6 Å². The minimum atomic E-state index is -2.37. The molecule has 0 aromatic heterocycles. The van der Waals surface area contributed by atoms with Gasteiger partial charge in [0.1, 0.15) is 0 Å². The molecular formula is C10H11F2N. The molecule has 2 N–H and O–H groups in total. The molecule has 0 heterocycles. The largest absolute Gasteiger partial charge is 0.324 e. The van der Waals surface area contributed by atoms with Crippen LogP contribution in [0, 0.1) is 0 Å². The van der Waals surface area contributed by atoms with Crippen LogP contribution in [0.3, 0.4) is 0 Å². The molecule has 0 bridgehead atoms. The fraction of sp³-hybridized carbons (Fsp3) is 0.400. The number of fused-ring (bicyclic) bond motifs is 1. The minimum absolute atomic E-state index is 0.0433. The molecule has 1 aliphatic rings. The third kappa shape index (κ3) is 1.44. The zero-order valence-corrected chi connectivity index (χ0v) is 7.13. The summed E-state index contributed by atoms with van der Waals surface area (Å²) in [4.78, 5) is 0. The molecule has 1 aliphatic carbocycles. The number of hydrogen-bond donors (Lipinski definition) is 1. The second-order valence-electron chi connectivity index (χ2n) is 3.40. The van der Waals surface area contributed by atoms with Crippen LogP contribution in [0.15, 0.2) is 18.2 Å². The normalized spacial score (nSPS) is 20.8. The zero-order valence-electron chi connectivity index (χ0n) is 7.13. The van der Waals surface area contributed by atoms with E-state index in [9.17, 15) is 8.78 Å². The lowest BCUT2D eigenvalue weighted by Gasteiger charge is -2.06. The number of rotatable bonds is 1. The molecule has 0 fully saturated rings. The molecule has 0 amide bonds. The van der Waals surface area contributed by atoms with E-state index >= 15 is 0 Å². The second-order valence-corrected chi connectivity index (χ2v) is 3.40. The van der Waals surface area contributed by atoms with Crippen molar-refractivity contribution >= 4 is 0 Å². The summed E-state index contributed by atoms with van der Waals surface area (Å²) in [7, 11) is 0. The van der Waals surface area contributed by atoms with Crippen molar-refractivity contribution in [1.82, 2.24) is 0 Å². The molecule has 70 valence electrons. The van der Waals surface area contributed by atoms with Crippen molar-refractivity contribution in [2.75, 3.05) is 0 Å². The van der Waals surface area contributed by atoms with Gasteiger partial charge in [0.2, 0.25) is 0 Å². The highest BCUT2D eigenvalue weighted by atomic mass is 19.3. The van der Waals surface area contributed by atoms with Crippen LogP contribution in [0.2, 0.25) is 0 Å². The highest BCUT2D eigenvalue weighted by Crippen LogP contribution is 2.32. The molecule has 0 aliphatic heterocycles. The molecule has 1 nitrogen and oxygen atoms in total. The van der Waals surface area contributed by atoms with E-state index in [1.807, 2.05) is 0 Å². The second kappa shape index (κ2) is 3.07. The van der Waals surface area contributed by atoms with Crippen molar-refractivity contribution in [2.45, 2.75) is 25.3 Å². The lowest BCUT2D eigenvalue weighted by molar-refractivity contribution is 0.151. The predicted molar refractivity (Wildman–Crippen MR) is 46.6 cm³/mol. The highest BCUT2D eigenvalue weighted by molar-refractivity contribution is 5.38. The van der Waals surface area contributed by atoms with E-state index in [1.165, 1.54) is 6.07 Å². The number of hydrogen-bond acceptors (Lipinski definition) is 1. The monoisotopic (exact) mass is 183 g/mol. The van der Waals surface area contributed by atoms with Crippen molar-refractivity contribution in [1.29, 1.82) is 0 Å². The number of halogens is 2. The fourth-order valence-electron chi connectivity index (χ4n) is 1.81. The maximum Gasteiger partial charge on any atom is 0.263 e. The van der Waals surface area contributed by atoms with Gasteiger partial charge in [-0.25, -0.2) is 8.78 Å². The van der Waals surface area contributed by atoms with Gasteiger partial charge in [0.05, 0.1) is 0 Å². The molecule has 0 saturated heterocycles. The number of aryl methyl sites for hydroxylation is 1. The Bertz CT molecular complexity index is 323. The molecule has 0 radical (unpaired) electrons. The van der Waals surface area contributed by atoms with Crippen molar-refractivity contribution < 1.29 is 8.78 Å². The van der Waals surface area contributed by atoms with Crippen molar-refractivity contribution in [3.05, 3.63) is 34.9 Å². The summed E-state index contributed by atoms with van der Waals surface area (Å²) in [5.41, 5.74) is 7.91. The quantitative estimate of drug-likeness (QED) is 0.711. The van der Waals surface area contributed by atoms with E-state index in [1.54, 1.807) is 12.1 Å². The SMILES string of the molecule is N[C@H]1CCc2cc(C(F)F)ccc21. The molecule has 2 rings (SSSR count). The van der Waals surface area contributed by atoms with Crippen LogP contribution in [0.1, 0.15) is 35.6 Å². The predicted octanol–water partition coefficient (Wildman–Crippen LogP) is 2.57. The summed E-state index contributed by atoms with van der Waals surface area (Å²) >= 11 is 0. The summed E-state index contributed by atoms with van der Waals surface area (Å²) < 4.78 is 24.6. The van der Waals surface area contributed by atoms with Gasteiger partial charge in [-0.15, -0.1) is 0 Å². The van der Waals surface area contributed by atoms with Gasteiger partial charge in [-0.1, -0.05) is 12.1 Å². The Morgan fingerprint density at radius 3 is 2.85 bits per heavy atom. The van der Waals surface area contributed by atoms with Gasteiger partial charge in [-0.2, -0.15) is 0 Å². The molecule has 1 atom stereocenters. The van der Waals surface area contributed by atoms with Crippen LogP contribution in [0.5, 0.6) is 0 Å². The van der Waals surface area contributed by atoms with Crippen LogP contribution in [-0.2, 0) is 6.42 Å². The standard InChI is InChI=1S/C10H11F2N/c11-10(12)7-1-3-8-6(5-7)2-4-9(8)13/h1,3,5,9-10H,2,4,13H2/t9-/m0/s1. The Morgan fingerprint density at radius 1 is 1.38 bits per heavy atom. The fourth-order valence-corrected chi connectivity index (χ4v) is 1.81. The lowest BCUT2D eigenvalue weighted by atomic mass is 10.1. The summed E-state index contributed by atoms with van der Waals surface area (Å²) in [6.07, 6.45) is -0.666. The summed E-state index contributed by atoms with van der Waals surface area (Å²) in [6, 6.07) is 4.82. The van der Waals surface area contributed by atoms with E-state index in [2.05, 4.69) is 0 Å². The summed E-state index contributed by atoms with van der Waals surface area (Å²) in [5.74, 6) is 0. The van der Waals surface area contributed by atoms with E-state index in [0.29, 0.717) is 0 Å². The van der Waals surface area contributed by atoms with Gasteiger partial charge < -0.3 is 5.73 Å². The molecule has 1 aromatic rings. The molecule has 13 heavy (non-hydrogen) atoms. The van der Waals surface area contributed by atoms with Crippen LogP contribution < -0.4 is 5.73 Å². The number of nitrogens with two attached hydrogens (primary N) is 1. The van der Waals surface area contributed by atoms with Crippen LogP contribution in [0.25, 0.3) is 0 Å². The van der Waals surface area contributed by atoms with Crippen molar-refractivity contribution in [2.24, 2.45) is 5.73 Å². The average Bonchev–Trinajstić information content (AvgIpc) is 2.47. The van der Waals surface area contributed by atoms with Gasteiger partial charge in [-0.05, 0) is 30.0 Å². The molecule has 3 heteroatoms. The zero-order chi connectivity index (χ0) is 9.42. The van der Waals surface area contributed by atoms with Gasteiger partial charge in [0, 0.05) is 11.6 Å². The lowest BCUT2D eigenvalue weighted by Crippen LogP contribution is -2.05. The van der Waals surface area contributed by atoms with Gasteiger partial charge in [0.15, 0.2) is 0 Å². The topological polar surface area (TPSA) is 26.0 Å². The van der Waals surface area contributed by atoms with Gasteiger partial charge in [-0.3, -0.25) is 0 Å². The Morgan fingerprint density at radius 2 is 2.15 bits per heavy atom. The van der Waals surface area contributed by atoms with Gasteiger partial charge >= 0.3 is 0 Å². The molecule has 1 aromatic carbocycles. The smallest absolute Gasteiger partial charge is 0.263 e. The first-order valence-corrected chi connectivity index (χ1v) is 4.35. The average molecular weight is 183 g/mol. The third-order valence-electron chi connectivity index (χ3n) is 2.54. The first-order valence-electron chi connectivity index (χ1n) is 4.35. The Kier molecular flexibility index (Phi) is 2.04. The first-order chi connectivity index (χ1) is 6.18. The Balaban J connectivity index is 2.40. The van der Waals surface area contributed by atoms with Crippen LogP contribution in [0.4, 0.5) is 8.78 Å².